The number of esters is 1. The molecule has 0 unspecified atom stereocenters. The van der Waals surface area contributed by atoms with E-state index in [4.69, 9.17) is 0 Å². The van der Waals surface area contributed by atoms with Crippen LogP contribution in [0.2, 0.25) is 0 Å². The number of carbonyl (C=O) groups excluding carboxylic acids is 1. The molecule has 0 spiro atoms. The number of carbonyl (C=O) groups is 1. The first-order valence-electron chi connectivity index (χ1n) is 7.60. The lowest BCUT2D eigenvalue weighted by Crippen LogP contribution is -2.15. The molecule has 0 saturated heterocycles. The van der Waals surface area contributed by atoms with Crippen molar-refractivity contribution in [2.24, 2.45) is 0 Å². The Morgan fingerprint density at radius 1 is 1.11 bits per heavy atom. The molecule has 27 heavy (non-hydrogen) atoms. The van der Waals surface area contributed by atoms with E-state index in [2.05, 4.69) is 9.46 Å². The number of anilines is 1. The highest BCUT2D eigenvalue weighted by Crippen LogP contribution is 2.33. The normalized spacial score (nSPS) is 12.2. The Balaban J connectivity index is 2.49. The van der Waals surface area contributed by atoms with Crippen molar-refractivity contribution >= 4 is 27.8 Å². The lowest BCUT2D eigenvalue weighted by Gasteiger charge is -2.14. The monoisotopic (exact) mass is 399 g/mol. The Bertz CT molecular complexity index is 965. The zero-order valence-corrected chi connectivity index (χ0v) is 15.2. The largest absolute Gasteiger partial charge is 0.466 e. The molecule has 0 saturated carbocycles. The van der Waals surface area contributed by atoms with E-state index in [1.165, 1.54) is 18.2 Å². The van der Waals surface area contributed by atoms with E-state index in [1.54, 1.807) is 19.1 Å². The van der Waals surface area contributed by atoms with E-state index in [1.807, 2.05) is 0 Å². The number of alkyl halides is 3. The quantitative estimate of drug-likeness (QED) is 0.609. The summed E-state index contributed by atoms with van der Waals surface area (Å²) in [6.07, 6.45) is -2.51. The van der Waals surface area contributed by atoms with Gasteiger partial charge in [-0.05, 0) is 42.8 Å². The van der Waals surface area contributed by atoms with Crippen LogP contribution in [0.1, 0.15) is 16.7 Å². The minimum Gasteiger partial charge on any atom is -0.466 e. The Labute approximate surface area is 154 Å². The van der Waals surface area contributed by atoms with Gasteiger partial charge >= 0.3 is 12.1 Å². The predicted molar refractivity (Wildman–Crippen MR) is 94.5 cm³/mol. The van der Waals surface area contributed by atoms with Gasteiger partial charge in [0.15, 0.2) is 0 Å². The summed E-state index contributed by atoms with van der Waals surface area (Å²) < 4.78 is 70.6. The molecule has 0 fully saturated rings. The van der Waals surface area contributed by atoms with Crippen LogP contribution in [0.3, 0.4) is 0 Å². The second-order valence-electron chi connectivity index (χ2n) is 5.57. The molecular formula is C18H16F3NO4S. The number of methoxy groups -OCH3 is 1. The van der Waals surface area contributed by atoms with Crippen LogP contribution in [0.4, 0.5) is 18.9 Å². The van der Waals surface area contributed by atoms with Crippen LogP contribution in [0.15, 0.2) is 53.4 Å². The van der Waals surface area contributed by atoms with Gasteiger partial charge < -0.3 is 4.74 Å². The van der Waals surface area contributed by atoms with Crippen molar-refractivity contribution in [1.29, 1.82) is 0 Å². The molecule has 0 aliphatic carbocycles. The number of rotatable bonds is 5. The topological polar surface area (TPSA) is 72.5 Å². The molecule has 0 bridgehead atoms. The maximum atomic E-state index is 13.0. The molecule has 0 atom stereocenters. The molecule has 2 aromatic rings. The summed E-state index contributed by atoms with van der Waals surface area (Å²) in [6.45, 7) is 1.77. The SMILES string of the molecule is COC(=O)C=Cc1ccc(C(F)(F)F)cc1NS(=O)(=O)c1ccc(C)cc1. The van der Waals surface area contributed by atoms with Crippen molar-refractivity contribution in [2.45, 2.75) is 18.0 Å². The van der Waals surface area contributed by atoms with Crippen molar-refractivity contribution in [3.8, 4) is 0 Å². The van der Waals surface area contributed by atoms with Gasteiger partial charge in [0.25, 0.3) is 10.0 Å². The van der Waals surface area contributed by atoms with Gasteiger partial charge in [-0.1, -0.05) is 23.8 Å². The highest BCUT2D eigenvalue weighted by atomic mass is 32.2. The molecule has 0 aliphatic heterocycles. The van der Waals surface area contributed by atoms with Gasteiger partial charge in [0.05, 0.1) is 23.3 Å². The fourth-order valence-corrected chi connectivity index (χ4v) is 3.19. The number of benzene rings is 2. The molecular weight excluding hydrogens is 383 g/mol. The van der Waals surface area contributed by atoms with Gasteiger partial charge in [0.2, 0.25) is 0 Å². The van der Waals surface area contributed by atoms with Gasteiger partial charge in [0.1, 0.15) is 0 Å². The van der Waals surface area contributed by atoms with E-state index in [9.17, 15) is 26.4 Å². The summed E-state index contributed by atoms with van der Waals surface area (Å²) in [5.41, 5.74) is -0.441. The number of sulfonamides is 1. The minimum atomic E-state index is -4.66. The van der Waals surface area contributed by atoms with Crippen molar-refractivity contribution < 1.29 is 31.1 Å². The molecule has 0 amide bonds. The number of nitrogens with one attached hydrogen (secondary N) is 1. The van der Waals surface area contributed by atoms with E-state index in [-0.39, 0.29) is 16.1 Å². The maximum absolute atomic E-state index is 13.0. The van der Waals surface area contributed by atoms with Crippen LogP contribution in [0.5, 0.6) is 0 Å². The second kappa shape index (κ2) is 7.83. The van der Waals surface area contributed by atoms with Crippen LogP contribution < -0.4 is 4.72 Å². The summed E-state index contributed by atoms with van der Waals surface area (Å²) in [6, 6.07) is 8.35. The third-order valence-electron chi connectivity index (χ3n) is 3.56. The molecule has 0 heterocycles. The highest BCUT2D eigenvalue weighted by Gasteiger charge is 2.31. The summed E-state index contributed by atoms with van der Waals surface area (Å²) in [5.74, 6) is -0.734. The van der Waals surface area contributed by atoms with E-state index in [0.717, 1.165) is 30.9 Å². The molecule has 0 radical (unpaired) electrons. The first-order valence-corrected chi connectivity index (χ1v) is 9.08. The summed E-state index contributed by atoms with van der Waals surface area (Å²) in [5, 5.41) is 0. The smallest absolute Gasteiger partial charge is 0.416 e. The predicted octanol–water partition coefficient (Wildman–Crippen LogP) is 4.00. The van der Waals surface area contributed by atoms with Gasteiger partial charge in [-0.15, -0.1) is 0 Å². The molecule has 2 rings (SSSR count). The fourth-order valence-electron chi connectivity index (χ4n) is 2.11. The molecule has 1 N–H and O–H groups in total. The number of hydrogen-bond donors (Lipinski definition) is 1. The van der Waals surface area contributed by atoms with Crippen LogP contribution in [0, 0.1) is 6.92 Å². The standard InChI is InChI=1S/C18H16F3NO4S/c1-12-3-8-15(9-4-12)27(24,25)22-16-11-14(18(19,20)21)7-5-13(16)6-10-17(23)26-2/h3-11,22H,1-2H3. The van der Waals surface area contributed by atoms with Gasteiger partial charge in [-0.2, -0.15) is 13.2 Å². The number of hydrogen-bond acceptors (Lipinski definition) is 4. The molecule has 144 valence electrons. The summed E-state index contributed by atoms with van der Waals surface area (Å²) in [7, 11) is -2.99. The van der Waals surface area contributed by atoms with Gasteiger partial charge in [0, 0.05) is 6.08 Å². The maximum Gasteiger partial charge on any atom is 0.416 e. The molecule has 9 heteroatoms. The summed E-state index contributed by atoms with van der Waals surface area (Å²) in [4.78, 5) is 11.1. The van der Waals surface area contributed by atoms with Crippen LogP contribution in [-0.2, 0) is 25.7 Å². The Kier molecular flexibility index (Phi) is 5.94. The first kappa shape index (κ1) is 20.5. The minimum absolute atomic E-state index is 0.0732. The van der Waals surface area contributed by atoms with E-state index < -0.39 is 27.7 Å². The zero-order chi connectivity index (χ0) is 20.2. The molecule has 5 nitrogen and oxygen atoms in total. The molecule has 0 aromatic heterocycles. The third kappa shape index (κ3) is 5.33. The van der Waals surface area contributed by atoms with Gasteiger partial charge in [-0.3, -0.25) is 4.72 Å². The number of halogens is 3. The van der Waals surface area contributed by atoms with Crippen LogP contribution in [0.25, 0.3) is 6.08 Å². The zero-order valence-electron chi connectivity index (χ0n) is 14.4. The molecule has 2 aromatic carbocycles. The lowest BCUT2D eigenvalue weighted by atomic mass is 10.1. The van der Waals surface area contributed by atoms with E-state index in [0.29, 0.717) is 6.07 Å². The average Bonchev–Trinajstić information content (AvgIpc) is 2.59. The average molecular weight is 399 g/mol. The molecule has 0 aliphatic rings. The second-order valence-corrected chi connectivity index (χ2v) is 7.26. The Hall–Kier alpha value is -2.81. The van der Waals surface area contributed by atoms with E-state index >= 15 is 0 Å². The van der Waals surface area contributed by atoms with Gasteiger partial charge in [-0.25, -0.2) is 13.2 Å². The lowest BCUT2D eigenvalue weighted by molar-refractivity contribution is -0.137. The van der Waals surface area contributed by atoms with Crippen molar-refractivity contribution in [1.82, 2.24) is 0 Å². The third-order valence-corrected chi connectivity index (χ3v) is 4.94. The van der Waals surface area contributed by atoms with Crippen LogP contribution >= 0.6 is 0 Å². The van der Waals surface area contributed by atoms with Crippen molar-refractivity contribution in [3.05, 3.63) is 65.2 Å². The van der Waals surface area contributed by atoms with Crippen LogP contribution in [-0.4, -0.2) is 21.5 Å². The van der Waals surface area contributed by atoms with Crippen molar-refractivity contribution in [3.63, 3.8) is 0 Å². The first-order chi connectivity index (χ1) is 12.5. The summed E-state index contributed by atoms with van der Waals surface area (Å²) >= 11 is 0. The Morgan fingerprint density at radius 3 is 2.30 bits per heavy atom. The Morgan fingerprint density at radius 2 is 1.74 bits per heavy atom. The number of ether oxygens (including phenoxy) is 1. The number of aryl methyl sites for hydroxylation is 1. The van der Waals surface area contributed by atoms with Crippen molar-refractivity contribution in [2.75, 3.05) is 11.8 Å². The fraction of sp³-hybridized carbons (Fsp3) is 0.167. The highest BCUT2D eigenvalue weighted by molar-refractivity contribution is 7.92.